The van der Waals surface area contributed by atoms with E-state index < -0.39 is 18.0 Å². The number of rotatable bonds is 5. The van der Waals surface area contributed by atoms with E-state index in [-0.39, 0.29) is 0 Å². The predicted molar refractivity (Wildman–Crippen MR) is 70.1 cm³/mol. The quantitative estimate of drug-likeness (QED) is 0.811. The summed E-state index contributed by atoms with van der Waals surface area (Å²) >= 11 is 3.27. The minimum atomic E-state index is -1.07. The summed E-state index contributed by atoms with van der Waals surface area (Å²) < 4.78 is 6.02. The number of aliphatic carboxylic acids is 1. The molecule has 0 spiro atoms. The molecule has 5 nitrogen and oxygen atoms in total. The monoisotopic (exact) mass is 313 g/mol. The molecule has 18 heavy (non-hydrogen) atoms. The van der Waals surface area contributed by atoms with E-state index in [1.54, 1.807) is 18.2 Å². The van der Waals surface area contributed by atoms with Crippen LogP contribution in [0.5, 0.6) is 5.75 Å². The van der Waals surface area contributed by atoms with Crippen molar-refractivity contribution in [1.82, 2.24) is 0 Å². The lowest BCUT2D eigenvalue weighted by atomic mass is 10.2. The van der Waals surface area contributed by atoms with E-state index in [0.717, 1.165) is 6.08 Å². The molecule has 1 aromatic carbocycles. The number of hydrogen-bond acceptors (Lipinski definition) is 3. The van der Waals surface area contributed by atoms with Crippen molar-refractivity contribution in [3.05, 3.63) is 34.3 Å². The Morgan fingerprint density at radius 3 is 2.72 bits per heavy atom. The van der Waals surface area contributed by atoms with Crippen LogP contribution in [0.2, 0.25) is 0 Å². The summed E-state index contributed by atoms with van der Waals surface area (Å²) in [5.74, 6) is -1.29. The number of halogens is 1. The first-order chi connectivity index (χ1) is 8.41. The molecular formula is C12H12BrNO4. The molecule has 0 radical (unpaired) electrons. The molecule has 0 fully saturated rings. The van der Waals surface area contributed by atoms with Gasteiger partial charge in [-0.15, -0.1) is 0 Å². The van der Waals surface area contributed by atoms with Gasteiger partial charge in [-0.05, 0) is 35.0 Å². The average molecular weight is 314 g/mol. The van der Waals surface area contributed by atoms with E-state index in [4.69, 9.17) is 15.6 Å². The van der Waals surface area contributed by atoms with Gasteiger partial charge in [0, 0.05) is 11.6 Å². The topological polar surface area (TPSA) is 89.6 Å². The van der Waals surface area contributed by atoms with Gasteiger partial charge in [-0.3, -0.25) is 4.79 Å². The second kappa shape index (κ2) is 6.20. The van der Waals surface area contributed by atoms with Gasteiger partial charge < -0.3 is 15.6 Å². The lowest BCUT2D eigenvalue weighted by Gasteiger charge is -2.15. The number of carboxylic acids is 1. The third-order valence-electron chi connectivity index (χ3n) is 2.10. The molecule has 0 aromatic heterocycles. The molecule has 0 saturated carbocycles. The molecule has 0 heterocycles. The van der Waals surface area contributed by atoms with E-state index >= 15 is 0 Å². The van der Waals surface area contributed by atoms with Crippen LogP contribution in [0.25, 0.3) is 6.08 Å². The van der Waals surface area contributed by atoms with Gasteiger partial charge in [-0.1, -0.05) is 12.1 Å². The number of carbonyl (C=O) groups excluding carboxylic acids is 1. The number of carbonyl (C=O) groups is 2. The fourth-order valence-corrected chi connectivity index (χ4v) is 1.65. The fraction of sp³-hybridized carbons (Fsp3) is 0.167. The Bertz CT molecular complexity index is 499. The molecule has 0 aliphatic carbocycles. The number of amides is 1. The largest absolute Gasteiger partial charge is 0.479 e. The molecular weight excluding hydrogens is 302 g/mol. The first kappa shape index (κ1) is 14.2. The van der Waals surface area contributed by atoms with Gasteiger partial charge in [0.2, 0.25) is 0 Å². The smallest absolute Gasteiger partial charge is 0.328 e. The molecule has 1 atom stereocenters. The van der Waals surface area contributed by atoms with E-state index in [1.165, 1.54) is 13.0 Å². The SMILES string of the molecule is CC(Oc1c(Br)cccc1C=CC(=O)O)C(N)=O. The van der Waals surface area contributed by atoms with Crippen molar-refractivity contribution in [1.29, 1.82) is 0 Å². The highest BCUT2D eigenvalue weighted by Gasteiger charge is 2.14. The molecule has 0 bridgehead atoms. The minimum Gasteiger partial charge on any atom is -0.479 e. The van der Waals surface area contributed by atoms with Crippen LogP contribution in [0.3, 0.4) is 0 Å². The molecule has 1 aromatic rings. The molecule has 1 rings (SSSR count). The summed E-state index contributed by atoms with van der Waals surface area (Å²) in [4.78, 5) is 21.4. The summed E-state index contributed by atoms with van der Waals surface area (Å²) in [6.07, 6.45) is 1.57. The number of para-hydroxylation sites is 1. The Balaban J connectivity index is 3.08. The Hall–Kier alpha value is -1.82. The van der Waals surface area contributed by atoms with Gasteiger partial charge in [0.05, 0.1) is 4.47 Å². The van der Waals surface area contributed by atoms with E-state index in [0.29, 0.717) is 15.8 Å². The highest BCUT2D eigenvalue weighted by Crippen LogP contribution is 2.30. The van der Waals surface area contributed by atoms with Gasteiger partial charge in [0.1, 0.15) is 5.75 Å². The maximum absolute atomic E-state index is 11.0. The van der Waals surface area contributed by atoms with Crippen molar-refractivity contribution in [2.45, 2.75) is 13.0 Å². The predicted octanol–water partition coefficient (Wildman–Crippen LogP) is 1.80. The summed E-state index contributed by atoms with van der Waals surface area (Å²) in [5, 5.41) is 8.59. The van der Waals surface area contributed by atoms with Crippen molar-refractivity contribution < 1.29 is 19.4 Å². The average Bonchev–Trinajstić information content (AvgIpc) is 2.29. The summed E-state index contributed by atoms with van der Waals surface area (Å²) in [5.41, 5.74) is 5.66. The van der Waals surface area contributed by atoms with Crippen molar-refractivity contribution in [2.24, 2.45) is 5.73 Å². The van der Waals surface area contributed by atoms with Crippen LogP contribution in [-0.2, 0) is 9.59 Å². The molecule has 1 unspecified atom stereocenters. The second-order valence-corrected chi connectivity index (χ2v) is 4.35. The maximum Gasteiger partial charge on any atom is 0.328 e. The van der Waals surface area contributed by atoms with Crippen molar-refractivity contribution in [2.75, 3.05) is 0 Å². The molecule has 3 N–H and O–H groups in total. The van der Waals surface area contributed by atoms with Gasteiger partial charge in [0.15, 0.2) is 6.10 Å². The Morgan fingerprint density at radius 1 is 1.50 bits per heavy atom. The lowest BCUT2D eigenvalue weighted by Crippen LogP contribution is -2.30. The van der Waals surface area contributed by atoms with E-state index in [2.05, 4.69) is 15.9 Å². The van der Waals surface area contributed by atoms with E-state index in [1.807, 2.05) is 0 Å². The van der Waals surface area contributed by atoms with Crippen LogP contribution in [0.15, 0.2) is 28.7 Å². The molecule has 96 valence electrons. The van der Waals surface area contributed by atoms with Gasteiger partial charge in [-0.25, -0.2) is 4.79 Å². The zero-order valence-electron chi connectivity index (χ0n) is 9.59. The Morgan fingerprint density at radius 2 is 2.17 bits per heavy atom. The van der Waals surface area contributed by atoms with E-state index in [9.17, 15) is 9.59 Å². The standard InChI is InChI=1S/C12H12BrNO4/c1-7(12(14)17)18-11-8(5-6-10(15)16)3-2-4-9(11)13/h2-7H,1H3,(H2,14,17)(H,15,16). The maximum atomic E-state index is 11.0. The second-order valence-electron chi connectivity index (χ2n) is 3.49. The fourth-order valence-electron chi connectivity index (χ4n) is 1.18. The summed E-state index contributed by atoms with van der Waals surface area (Å²) in [7, 11) is 0. The summed E-state index contributed by atoms with van der Waals surface area (Å²) in [6, 6.07) is 5.13. The number of primary amides is 1. The number of benzene rings is 1. The highest BCUT2D eigenvalue weighted by molar-refractivity contribution is 9.10. The molecule has 0 aliphatic heterocycles. The van der Waals surface area contributed by atoms with Gasteiger partial charge >= 0.3 is 5.97 Å². The van der Waals surface area contributed by atoms with Crippen molar-refractivity contribution >= 4 is 33.9 Å². The third-order valence-corrected chi connectivity index (χ3v) is 2.72. The van der Waals surface area contributed by atoms with Crippen LogP contribution in [0.4, 0.5) is 0 Å². The van der Waals surface area contributed by atoms with Crippen LogP contribution < -0.4 is 10.5 Å². The van der Waals surface area contributed by atoms with Gasteiger partial charge in [-0.2, -0.15) is 0 Å². The number of ether oxygens (including phenoxy) is 1. The van der Waals surface area contributed by atoms with Gasteiger partial charge in [0.25, 0.3) is 5.91 Å². The van der Waals surface area contributed by atoms with Crippen LogP contribution in [0, 0.1) is 0 Å². The third kappa shape index (κ3) is 3.89. The molecule has 0 aliphatic rings. The van der Waals surface area contributed by atoms with Crippen LogP contribution in [0.1, 0.15) is 12.5 Å². The van der Waals surface area contributed by atoms with Crippen LogP contribution >= 0.6 is 15.9 Å². The minimum absolute atomic E-state index is 0.376. The lowest BCUT2D eigenvalue weighted by molar-refractivity contribution is -0.131. The normalized spacial score (nSPS) is 12.3. The van der Waals surface area contributed by atoms with Crippen LogP contribution in [-0.4, -0.2) is 23.1 Å². The first-order valence-corrected chi connectivity index (χ1v) is 5.86. The molecule has 1 amide bonds. The number of carboxylic acid groups (broad SMARTS) is 1. The first-order valence-electron chi connectivity index (χ1n) is 5.07. The zero-order valence-corrected chi connectivity index (χ0v) is 11.2. The summed E-state index contributed by atoms with van der Waals surface area (Å²) in [6.45, 7) is 1.52. The van der Waals surface area contributed by atoms with Crippen molar-refractivity contribution in [3.63, 3.8) is 0 Å². The Kier molecular flexibility index (Phi) is 4.91. The highest BCUT2D eigenvalue weighted by atomic mass is 79.9. The molecule has 0 saturated heterocycles. The van der Waals surface area contributed by atoms with Crippen molar-refractivity contribution in [3.8, 4) is 5.75 Å². The Labute approximate surface area is 112 Å². The number of hydrogen-bond donors (Lipinski definition) is 2. The molecule has 6 heteroatoms. The number of nitrogens with two attached hydrogens (primary N) is 1. The zero-order chi connectivity index (χ0) is 13.7.